The van der Waals surface area contributed by atoms with Crippen LogP contribution in [0.15, 0.2) is 42.2 Å². The summed E-state index contributed by atoms with van der Waals surface area (Å²) in [5, 5.41) is 11.4. The van der Waals surface area contributed by atoms with E-state index in [1.54, 1.807) is 36.8 Å². The topological polar surface area (TPSA) is 75.3 Å². The average molecular weight is 291 g/mol. The molecule has 0 aromatic carbocycles. The van der Waals surface area contributed by atoms with E-state index >= 15 is 0 Å². The van der Waals surface area contributed by atoms with Gasteiger partial charge in [-0.2, -0.15) is 5.26 Å². The second-order valence-electron chi connectivity index (χ2n) is 4.07. The molecule has 0 unspecified atom stereocenters. The fraction of sp³-hybridized carbons (Fsp3) is 0. The fourth-order valence-corrected chi connectivity index (χ4v) is 2.35. The zero-order valence-corrected chi connectivity index (χ0v) is 11.7. The highest BCUT2D eigenvalue weighted by atomic mass is 32.1. The average Bonchev–Trinajstić information content (AvgIpc) is 3.03. The molecule has 0 spiro atoms. The molecular weight excluding hydrogens is 282 g/mol. The van der Waals surface area contributed by atoms with Gasteiger partial charge in [-0.05, 0) is 30.4 Å². The van der Waals surface area contributed by atoms with Crippen molar-refractivity contribution in [3.05, 3.63) is 59.1 Å². The number of nitriles is 1. The van der Waals surface area contributed by atoms with Crippen molar-refractivity contribution in [3.8, 4) is 16.9 Å². The van der Waals surface area contributed by atoms with Gasteiger partial charge in [0.2, 0.25) is 0 Å². The number of hydrogen-bond donors (Lipinski definition) is 0. The number of thiazole rings is 1. The summed E-state index contributed by atoms with van der Waals surface area (Å²) in [5.74, 6) is 0.624. The third-order valence-corrected chi connectivity index (χ3v) is 3.48. The first kappa shape index (κ1) is 13.1. The van der Waals surface area contributed by atoms with Crippen molar-refractivity contribution in [1.29, 1.82) is 5.26 Å². The maximum absolute atomic E-state index is 8.72. The van der Waals surface area contributed by atoms with E-state index in [-0.39, 0.29) is 0 Å². The molecule has 3 aromatic rings. The van der Waals surface area contributed by atoms with Crippen LogP contribution in [0.3, 0.4) is 0 Å². The highest BCUT2D eigenvalue weighted by Crippen LogP contribution is 2.20. The van der Waals surface area contributed by atoms with E-state index in [9.17, 15) is 0 Å². The Hall–Kier alpha value is -2.91. The van der Waals surface area contributed by atoms with Gasteiger partial charge in [-0.15, -0.1) is 11.3 Å². The lowest BCUT2D eigenvalue weighted by atomic mass is 10.2. The van der Waals surface area contributed by atoms with Gasteiger partial charge in [-0.3, -0.25) is 4.98 Å². The van der Waals surface area contributed by atoms with Crippen molar-refractivity contribution in [3.63, 3.8) is 0 Å². The van der Waals surface area contributed by atoms with Crippen molar-refractivity contribution < 1.29 is 0 Å². The molecule has 0 aliphatic rings. The molecule has 6 heteroatoms. The van der Waals surface area contributed by atoms with Crippen LogP contribution in [0, 0.1) is 11.3 Å². The van der Waals surface area contributed by atoms with E-state index in [0.29, 0.717) is 11.4 Å². The van der Waals surface area contributed by atoms with Crippen LogP contribution in [-0.4, -0.2) is 19.9 Å². The predicted octanol–water partition coefficient (Wildman–Crippen LogP) is 3.04. The van der Waals surface area contributed by atoms with E-state index in [2.05, 4.69) is 19.9 Å². The molecular formula is C15H9N5S. The lowest BCUT2D eigenvalue weighted by molar-refractivity contribution is 1.16. The molecule has 0 bridgehead atoms. The maximum atomic E-state index is 8.72. The summed E-state index contributed by atoms with van der Waals surface area (Å²) < 4.78 is 0. The van der Waals surface area contributed by atoms with Crippen molar-refractivity contribution in [2.75, 3.05) is 0 Å². The lowest BCUT2D eigenvalue weighted by Gasteiger charge is -1.92. The van der Waals surface area contributed by atoms with Gasteiger partial charge in [0.25, 0.3) is 0 Å². The summed E-state index contributed by atoms with van der Waals surface area (Å²) in [5.41, 5.74) is 2.15. The molecule has 5 nitrogen and oxygen atoms in total. The Morgan fingerprint density at radius 3 is 2.57 bits per heavy atom. The first-order chi connectivity index (χ1) is 10.3. The Bertz CT molecular complexity index is 800. The quantitative estimate of drug-likeness (QED) is 0.741. The minimum absolute atomic E-state index is 0.546. The van der Waals surface area contributed by atoms with Gasteiger partial charge in [0.1, 0.15) is 6.07 Å². The van der Waals surface area contributed by atoms with Gasteiger partial charge < -0.3 is 0 Å². The van der Waals surface area contributed by atoms with E-state index in [1.165, 1.54) is 11.3 Å². The minimum atomic E-state index is 0.546. The molecule has 0 radical (unpaired) electrons. The van der Waals surface area contributed by atoms with E-state index in [4.69, 9.17) is 5.26 Å². The van der Waals surface area contributed by atoms with Crippen LogP contribution < -0.4 is 0 Å². The fourth-order valence-electron chi connectivity index (χ4n) is 1.62. The molecule has 3 aromatic heterocycles. The third kappa shape index (κ3) is 3.16. The van der Waals surface area contributed by atoms with Gasteiger partial charge in [0, 0.05) is 24.0 Å². The molecule has 0 N–H and O–H groups in total. The normalized spacial score (nSPS) is 10.6. The first-order valence-electron chi connectivity index (χ1n) is 6.12. The van der Waals surface area contributed by atoms with Gasteiger partial charge >= 0.3 is 0 Å². The largest absolute Gasteiger partial charge is 0.256 e. The van der Waals surface area contributed by atoms with Gasteiger partial charge in [0.05, 0.1) is 17.0 Å². The number of nitrogens with zero attached hydrogens (tertiary/aromatic N) is 5. The molecule has 0 amide bonds. The molecule has 3 rings (SSSR count). The third-order valence-electron chi connectivity index (χ3n) is 2.62. The standard InChI is InChI=1S/C15H9N5S/c16-8-11-2-3-12(19-9-11)4-5-13-10-21-15(20-13)14-17-6-1-7-18-14/h1-7,9-10H/b5-4+. The predicted molar refractivity (Wildman–Crippen MR) is 81.0 cm³/mol. The van der Waals surface area contributed by atoms with Crippen molar-refractivity contribution in [2.45, 2.75) is 0 Å². The summed E-state index contributed by atoms with van der Waals surface area (Å²) >= 11 is 1.49. The summed E-state index contributed by atoms with van der Waals surface area (Å²) in [6.45, 7) is 0. The number of rotatable bonds is 3. The molecule has 0 saturated carbocycles. The highest BCUT2D eigenvalue weighted by Gasteiger charge is 2.04. The van der Waals surface area contributed by atoms with Gasteiger partial charge in [-0.1, -0.05) is 0 Å². The Labute approximate surface area is 125 Å². The van der Waals surface area contributed by atoms with Crippen LogP contribution in [-0.2, 0) is 0 Å². The SMILES string of the molecule is N#Cc1ccc(/C=C/c2csc(-c3ncccn3)n2)nc1. The van der Waals surface area contributed by atoms with Gasteiger partial charge in [0.15, 0.2) is 10.8 Å². The van der Waals surface area contributed by atoms with E-state index < -0.39 is 0 Å². The molecule has 0 aliphatic heterocycles. The van der Waals surface area contributed by atoms with Crippen LogP contribution in [0.5, 0.6) is 0 Å². The Morgan fingerprint density at radius 1 is 1.05 bits per heavy atom. The van der Waals surface area contributed by atoms with Crippen LogP contribution in [0.1, 0.15) is 17.0 Å². The van der Waals surface area contributed by atoms with Crippen molar-refractivity contribution in [1.82, 2.24) is 19.9 Å². The lowest BCUT2D eigenvalue weighted by Crippen LogP contribution is -1.85. The molecule has 0 atom stereocenters. The van der Waals surface area contributed by atoms with Crippen LogP contribution >= 0.6 is 11.3 Å². The smallest absolute Gasteiger partial charge is 0.188 e. The summed E-state index contributed by atoms with van der Waals surface area (Å²) in [6, 6.07) is 7.34. The van der Waals surface area contributed by atoms with E-state index in [0.717, 1.165) is 16.4 Å². The Balaban J connectivity index is 1.78. The number of aromatic nitrogens is 4. The van der Waals surface area contributed by atoms with Crippen LogP contribution in [0.2, 0.25) is 0 Å². The minimum Gasteiger partial charge on any atom is -0.256 e. The van der Waals surface area contributed by atoms with Crippen molar-refractivity contribution >= 4 is 23.5 Å². The molecule has 3 heterocycles. The molecule has 0 saturated heterocycles. The highest BCUT2D eigenvalue weighted by molar-refractivity contribution is 7.13. The van der Waals surface area contributed by atoms with Gasteiger partial charge in [-0.25, -0.2) is 15.0 Å². The number of pyridine rings is 1. The zero-order chi connectivity index (χ0) is 14.5. The summed E-state index contributed by atoms with van der Waals surface area (Å²) in [4.78, 5) is 17.0. The second-order valence-corrected chi connectivity index (χ2v) is 4.92. The summed E-state index contributed by atoms with van der Waals surface area (Å²) in [7, 11) is 0. The van der Waals surface area contributed by atoms with Crippen molar-refractivity contribution in [2.24, 2.45) is 0 Å². The maximum Gasteiger partial charge on any atom is 0.188 e. The monoisotopic (exact) mass is 291 g/mol. The Kier molecular flexibility index (Phi) is 3.76. The zero-order valence-electron chi connectivity index (χ0n) is 10.8. The summed E-state index contributed by atoms with van der Waals surface area (Å²) in [6.07, 6.45) is 8.66. The molecule has 21 heavy (non-hydrogen) atoms. The molecule has 0 fully saturated rings. The van der Waals surface area contributed by atoms with Crippen LogP contribution in [0.25, 0.3) is 23.0 Å². The second kappa shape index (κ2) is 6.03. The first-order valence-corrected chi connectivity index (χ1v) is 7.00. The Morgan fingerprint density at radius 2 is 1.86 bits per heavy atom. The molecule has 100 valence electrons. The molecule has 0 aliphatic carbocycles. The van der Waals surface area contributed by atoms with E-state index in [1.807, 2.05) is 23.6 Å². The number of hydrogen-bond acceptors (Lipinski definition) is 6. The van der Waals surface area contributed by atoms with Crippen LogP contribution in [0.4, 0.5) is 0 Å².